The van der Waals surface area contributed by atoms with Gasteiger partial charge in [-0.25, -0.2) is 4.39 Å². The van der Waals surface area contributed by atoms with Crippen LogP contribution in [-0.2, 0) is 0 Å². The Balaban J connectivity index is 2.02. The average Bonchev–Trinajstić information content (AvgIpc) is 2.90. The number of halogens is 1. The van der Waals surface area contributed by atoms with Gasteiger partial charge in [-0.15, -0.1) is 11.3 Å². The van der Waals surface area contributed by atoms with Gasteiger partial charge in [0.15, 0.2) is 5.78 Å². The number of aromatic amines is 1. The zero-order valence-electron chi connectivity index (χ0n) is 11.8. The molecule has 23 heavy (non-hydrogen) atoms. The third-order valence-corrected chi connectivity index (χ3v) is 4.06. The van der Waals surface area contributed by atoms with E-state index in [4.69, 9.17) is 0 Å². The Kier molecular flexibility index (Phi) is 4.25. The number of H-pyrrole nitrogens is 1. The Bertz CT molecular complexity index is 1020. The fourth-order valence-electron chi connectivity index (χ4n) is 1.98. The Hall–Kier alpha value is -2.86. The minimum absolute atomic E-state index is 0.234. The molecule has 0 aliphatic heterocycles. The van der Waals surface area contributed by atoms with Crippen LogP contribution in [-0.4, -0.2) is 15.8 Å². The fraction of sp³-hybridized carbons (Fsp3) is 0. The van der Waals surface area contributed by atoms with E-state index in [1.807, 2.05) is 0 Å². The first-order valence-corrected chi connectivity index (χ1v) is 7.56. The molecule has 0 saturated heterocycles. The molecule has 1 N–H and O–H groups in total. The molecule has 0 saturated carbocycles. The third kappa shape index (κ3) is 3.49. The first-order chi connectivity index (χ1) is 11.1. The molecule has 0 aliphatic carbocycles. The lowest BCUT2D eigenvalue weighted by atomic mass is 10.2. The highest BCUT2D eigenvalue weighted by Gasteiger charge is 2.03. The molecule has 2 heterocycles. The topological polar surface area (TPSA) is 62.8 Å². The van der Waals surface area contributed by atoms with Gasteiger partial charge >= 0.3 is 0 Å². The molecule has 0 spiro atoms. The number of thiazole rings is 1. The highest BCUT2D eigenvalue weighted by Crippen LogP contribution is 2.06. The number of ketones is 1. The largest absolute Gasteiger partial charge is 0.313 e. The number of rotatable bonds is 3. The molecule has 0 aliphatic rings. The smallest absolute Gasteiger partial charge is 0.266 e. The molecule has 0 atom stereocenters. The van der Waals surface area contributed by atoms with Gasteiger partial charge in [-0.3, -0.25) is 14.6 Å². The average molecular weight is 326 g/mol. The maximum Gasteiger partial charge on any atom is 0.266 e. The predicted octanol–water partition coefficient (Wildman–Crippen LogP) is 1.46. The molecule has 0 fully saturated rings. The number of carbonyl (C=O) groups excluding carboxylic acids is 1. The number of benzene rings is 1. The summed E-state index contributed by atoms with van der Waals surface area (Å²) in [6.07, 6.45) is 5.86. The van der Waals surface area contributed by atoms with E-state index in [0.29, 0.717) is 20.3 Å². The van der Waals surface area contributed by atoms with Crippen molar-refractivity contribution in [1.29, 1.82) is 0 Å². The molecular formula is C17H11FN2O2S. The quantitative estimate of drug-likeness (QED) is 0.741. The van der Waals surface area contributed by atoms with Gasteiger partial charge in [0.1, 0.15) is 5.82 Å². The first-order valence-electron chi connectivity index (χ1n) is 6.75. The predicted molar refractivity (Wildman–Crippen MR) is 87.2 cm³/mol. The number of hydrogen-bond donors (Lipinski definition) is 1. The van der Waals surface area contributed by atoms with Crippen molar-refractivity contribution in [2.24, 2.45) is 0 Å². The molecule has 4 nitrogen and oxygen atoms in total. The van der Waals surface area contributed by atoms with E-state index in [2.05, 4.69) is 9.97 Å². The lowest BCUT2D eigenvalue weighted by Gasteiger charge is -1.92. The van der Waals surface area contributed by atoms with Crippen LogP contribution in [0.2, 0.25) is 0 Å². The van der Waals surface area contributed by atoms with E-state index < -0.39 is 5.82 Å². The van der Waals surface area contributed by atoms with Crippen molar-refractivity contribution in [3.8, 4) is 0 Å². The SMILES string of the molecule is O=C(/C=c1/[nH]c(=O)/c(=C/c2ccccc2F)s1)c1ccncc1. The molecule has 2 aromatic heterocycles. The Morgan fingerprint density at radius 1 is 1.17 bits per heavy atom. The molecule has 6 heteroatoms. The number of pyridine rings is 1. The van der Waals surface area contributed by atoms with Gasteiger partial charge in [0.25, 0.3) is 5.56 Å². The van der Waals surface area contributed by atoms with Crippen molar-refractivity contribution in [1.82, 2.24) is 9.97 Å². The van der Waals surface area contributed by atoms with Crippen LogP contribution < -0.4 is 14.8 Å². The van der Waals surface area contributed by atoms with Crippen molar-refractivity contribution in [2.75, 3.05) is 0 Å². The Labute approximate surface area is 134 Å². The molecule has 114 valence electrons. The summed E-state index contributed by atoms with van der Waals surface area (Å²) >= 11 is 1.10. The van der Waals surface area contributed by atoms with E-state index in [1.165, 1.54) is 30.6 Å². The summed E-state index contributed by atoms with van der Waals surface area (Å²) in [5.41, 5.74) is 0.452. The van der Waals surface area contributed by atoms with Gasteiger partial charge in [0.2, 0.25) is 0 Å². The van der Waals surface area contributed by atoms with Gasteiger partial charge in [0.05, 0.1) is 9.20 Å². The summed E-state index contributed by atoms with van der Waals surface area (Å²) in [4.78, 5) is 30.5. The second-order valence-electron chi connectivity index (χ2n) is 4.70. The van der Waals surface area contributed by atoms with Crippen LogP contribution >= 0.6 is 11.3 Å². The van der Waals surface area contributed by atoms with Crippen molar-refractivity contribution < 1.29 is 9.18 Å². The molecule has 3 aromatic rings. The second-order valence-corrected chi connectivity index (χ2v) is 5.78. The molecule has 3 rings (SSSR count). The van der Waals surface area contributed by atoms with Crippen molar-refractivity contribution >= 4 is 29.3 Å². The van der Waals surface area contributed by atoms with Crippen LogP contribution in [0.15, 0.2) is 53.6 Å². The Morgan fingerprint density at radius 2 is 1.91 bits per heavy atom. The third-order valence-electron chi connectivity index (χ3n) is 3.10. The minimum Gasteiger partial charge on any atom is -0.313 e. The monoisotopic (exact) mass is 326 g/mol. The standard InChI is InChI=1S/C17H11FN2O2S/c18-13-4-2-1-3-12(13)9-15-17(22)20-16(23-15)10-14(21)11-5-7-19-8-6-11/h1-10H,(H,20,22)/b15-9-,16-10-. The van der Waals surface area contributed by atoms with Crippen LogP contribution in [0.25, 0.3) is 12.2 Å². The Morgan fingerprint density at radius 3 is 2.65 bits per heavy atom. The van der Waals surface area contributed by atoms with Gasteiger partial charge in [0, 0.05) is 29.6 Å². The van der Waals surface area contributed by atoms with E-state index in [9.17, 15) is 14.0 Å². The van der Waals surface area contributed by atoms with Gasteiger partial charge in [-0.2, -0.15) is 0 Å². The fourth-order valence-corrected chi connectivity index (χ4v) is 2.85. The van der Waals surface area contributed by atoms with Crippen LogP contribution in [0, 0.1) is 5.82 Å². The first kappa shape index (κ1) is 15.1. The highest BCUT2D eigenvalue weighted by molar-refractivity contribution is 7.07. The number of Topliss-reactive ketones (excluding diaryl/α,β-unsaturated/α-hetero) is 1. The normalized spacial score (nSPS) is 12.6. The number of carbonyl (C=O) groups is 1. The maximum atomic E-state index is 13.6. The summed E-state index contributed by atoms with van der Waals surface area (Å²) in [6.45, 7) is 0. The summed E-state index contributed by atoms with van der Waals surface area (Å²) in [5.74, 6) is -0.638. The van der Waals surface area contributed by atoms with Crippen molar-refractivity contribution in [3.63, 3.8) is 0 Å². The zero-order valence-corrected chi connectivity index (χ0v) is 12.6. The molecular weight excluding hydrogens is 315 g/mol. The van der Waals surface area contributed by atoms with E-state index in [1.54, 1.807) is 30.3 Å². The van der Waals surface area contributed by atoms with E-state index in [0.717, 1.165) is 11.3 Å². The zero-order chi connectivity index (χ0) is 16.2. The highest BCUT2D eigenvalue weighted by atomic mass is 32.1. The summed E-state index contributed by atoms with van der Waals surface area (Å²) in [6, 6.07) is 9.37. The molecule has 0 unspecified atom stereocenters. The number of hydrogen-bond acceptors (Lipinski definition) is 4. The summed E-state index contributed by atoms with van der Waals surface area (Å²) in [7, 11) is 0. The van der Waals surface area contributed by atoms with E-state index in [-0.39, 0.29) is 11.3 Å². The number of aromatic nitrogens is 2. The lowest BCUT2D eigenvalue weighted by molar-refractivity contribution is 0.106. The van der Waals surface area contributed by atoms with Crippen LogP contribution in [0.1, 0.15) is 15.9 Å². The van der Waals surface area contributed by atoms with Crippen LogP contribution in [0.4, 0.5) is 4.39 Å². The second kappa shape index (κ2) is 6.50. The molecule has 0 bridgehead atoms. The summed E-state index contributed by atoms with van der Waals surface area (Å²) < 4.78 is 14.4. The number of nitrogens with one attached hydrogen (secondary N) is 1. The maximum absolute atomic E-state index is 13.6. The van der Waals surface area contributed by atoms with Crippen LogP contribution in [0.3, 0.4) is 0 Å². The summed E-state index contributed by atoms with van der Waals surface area (Å²) in [5, 5.41) is 0. The minimum atomic E-state index is -0.404. The van der Waals surface area contributed by atoms with Crippen molar-refractivity contribution in [2.45, 2.75) is 0 Å². The number of nitrogens with zero attached hydrogens (tertiary/aromatic N) is 1. The molecule has 1 aromatic carbocycles. The van der Waals surface area contributed by atoms with E-state index >= 15 is 0 Å². The van der Waals surface area contributed by atoms with Gasteiger partial charge in [-0.05, 0) is 24.3 Å². The van der Waals surface area contributed by atoms with Gasteiger partial charge in [-0.1, -0.05) is 18.2 Å². The lowest BCUT2D eigenvalue weighted by Crippen LogP contribution is -2.20. The molecule has 0 radical (unpaired) electrons. The molecule has 0 amide bonds. The van der Waals surface area contributed by atoms with Crippen LogP contribution in [0.5, 0.6) is 0 Å². The van der Waals surface area contributed by atoms with Crippen molar-refractivity contribution in [3.05, 3.63) is 85.3 Å². The van der Waals surface area contributed by atoms with Gasteiger partial charge < -0.3 is 4.98 Å².